The van der Waals surface area contributed by atoms with Gasteiger partial charge in [0.1, 0.15) is 0 Å². The number of hydrogen-bond acceptors (Lipinski definition) is 2. The highest BCUT2D eigenvalue weighted by Gasteiger charge is 2.20. The van der Waals surface area contributed by atoms with E-state index < -0.39 is 0 Å². The number of rotatable bonds is 3. The van der Waals surface area contributed by atoms with E-state index in [0.29, 0.717) is 0 Å². The summed E-state index contributed by atoms with van der Waals surface area (Å²) in [6.45, 7) is 0. The molecule has 2 aromatic heterocycles. The van der Waals surface area contributed by atoms with Crippen molar-refractivity contribution in [2.24, 2.45) is 0 Å². The van der Waals surface area contributed by atoms with E-state index in [4.69, 9.17) is 0 Å². The first kappa shape index (κ1) is 18.8. The fourth-order valence-electron chi connectivity index (χ4n) is 4.86. The van der Waals surface area contributed by atoms with Crippen LogP contribution in [0.5, 0.6) is 0 Å². The maximum absolute atomic E-state index is 4.55. The maximum Gasteiger partial charge on any atom is 0.0702 e. The number of aromatic nitrogens is 3. The van der Waals surface area contributed by atoms with E-state index in [2.05, 4.69) is 76.8 Å². The fourth-order valence-corrected chi connectivity index (χ4v) is 4.86. The molecule has 0 atom stereocenters. The number of benzene rings is 3. The summed E-state index contributed by atoms with van der Waals surface area (Å²) in [5.74, 6) is 0. The lowest BCUT2D eigenvalue weighted by Crippen LogP contribution is -2.04. The Hall–Kier alpha value is -3.98. The van der Waals surface area contributed by atoms with Gasteiger partial charge in [-0.1, -0.05) is 54.6 Å². The smallest absolute Gasteiger partial charge is 0.0702 e. The molecular weight excluding hydrogens is 390 g/mol. The zero-order valence-electron chi connectivity index (χ0n) is 17.8. The van der Waals surface area contributed by atoms with Gasteiger partial charge < -0.3 is 0 Å². The molecule has 0 amide bonds. The van der Waals surface area contributed by atoms with Gasteiger partial charge in [0.05, 0.1) is 11.4 Å². The van der Waals surface area contributed by atoms with Crippen molar-refractivity contribution in [2.45, 2.75) is 19.3 Å². The molecule has 0 unspecified atom stereocenters. The van der Waals surface area contributed by atoms with Crippen LogP contribution in [-0.4, -0.2) is 14.8 Å². The molecule has 0 fully saturated rings. The summed E-state index contributed by atoms with van der Waals surface area (Å²) < 4.78 is 1.99. The first-order chi connectivity index (χ1) is 15.9. The highest BCUT2D eigenvalue weighted by molar-refractivity contribution is 5.75. The molecule has 154 valence electrons. The van der Waals surface area contributed by atoms with Crippen LogP contribution in [0.1, 0.15) is 22.3 Å². The van der Waals surface area contributed by atoms with Gasteiger partial charge in [-0.3, -0.25) is 4.98 Å². The Morgan fingerprint density at radius 2 is 1.47 bits per heavy atom. The van der Waals surface area contributed by atoms with Crippen molar-refractivity contribution in [3.8, 4) is 28.1 Å². The number of fused-ring (bicyclic) bond motifs is 2. The fraction of sp³-hybridized carbons (Fsp3) is 0.103. The van der Waals surface area contributed by atoms with Gasteiger partial charge in [0.25, 0.3) is 0 Å². The molecule has 3 heteroatoms. The molecule has 6 rings (SSSR count). The largest absolute Gasteiger partial charge is 0.256 e. The van der Waals surface area contributed by atoms with Gasteiger partial charge in [-0.25, -0.2) is 4.68 Å². The highest BCUT2D eigenvalue weighted by atomic mass is 15.3. The van der Waals surface area contributed by atoms with Crippen LogP contribution in [0.4, 0.5) is 0 Å². The van der Waals surface area contributed by atoms with Crippen LogP contribution in [0.3, 0.4) is 0 Å². The molecule has 3 nitrogen and oxygen atoms in total. The second-order valence-electron chi connectivity index (χ2n) is 8.28. The minimum Gasteiger partial charge on any atom is -0.256 e. The summed E-state index contributed by atoms with van der Waals surface area (Å²) in [6, 6.07) is 30.2. The van der Waals surface area contributed by atoms with Gasteiger partial charge in [0.15, 0.2) is 0 Å². The Labute approximate surface area is 188 Å². The summed E-state index contributed by atoms with van der Waals surface area (Å²) in [6.07, 6.45) is 8.74. The molecule has 2 heterocycles. The summed E-state index contributed by atoms with van der Waals surface area (Å²) in [7, 11) is 0. The third-order valence-corrected chi connectivity index (χ3v) is 6.42. The van der Waals surface area contributed by atoms with Crippen LogP contribution in [-0.2, 0) is 19.3 Å². The minimum absolute atomic E-state index is 0.907. The lowest BCUT2D eigenvalue weighted by Gasteiger charge is -2.16. The summed E-state index contributed by atoms with van der Waals surface area (Å²) in [5, 5.41) is 4.52. The van der Waals surface area contributed by atoms with E-state index in [1.165, 1.54) is 39.1 Å². The molecule has 1 aliphatic rings. The highest BCUT2D eigenvalue weighted by Crippen LogP contribution is 2.35. The summed E-state index contributed by atoms with van der Waals surface area (Å²) in [4.78, 5) is 4.55. The normalized spacial score (nSPS) is 12.6. The van der Waals surface area contributed by atoms with Crippen molar-refractivity contribution in [1.82, 2.24) is 14.8 Å². The quantitative estimate of drug-likeness (QED) is 0.348. The van der Waals surface area contributed by atoms with Gasteiger partial charge in [-0.05, 0) is 76.6 Å². The molecule has 0 radical (unpaired) electrons. The van der Waals surface area contributed by atoms with Gasteiger partial charge >= 0.3 is 0 Å². The Morgan fingerprint density at radius 1 is 0.656 bits per heavy atom. The average molecular weight is 414 g/mol. The lowest BCUT2D eigenvalue weighted by molar-refractivity contribution is 0.860. The van der Waals surface area contributed by atoms with E-state index in [1.54, 1.807) is 0 Å². The summed E-state index contributed by atoms with van der Waals surface area (Å²) >= 11 is 0. The van der Waals surface area contributed by atoms with Crippen LogP contribution >= 0.6 is 0 Å². The van der Waals surface area contributed by atoms with E-state index >= 15 is 0 Å². The van der Waals surface area contributed by atoms with Gasteiger partial charge in [-0.15, -0.1) is 0 Å². The van der Waals surface area contributed by atoms with Crippen LogP contribution in [0.2, 0.25) is 0 Å². The average Bonchev–Trinajstić information content (AvgIpc) is 3.32. The molecular formula is C29H23N3. The lowest BCUT2D eigenvalue weighted by atomic mass is 9.90. The molecule has 3 aromatic carbocycles. The van der Waals surface area contributed by atoms with Gasteiger partial charge in [0, 0.05) is 30.6 Å². The maximum atomic E-state index is 4.55. The number of hydrogen-bond donors (Lipinski definition) is 0. The molecule has 0 spiro atoms. The van der Waals surface area contributed by atoms with Crippen molar-refractivity contribution in [3.05, 3.63) is 126 Å². The molecule has 0 bridgehead atoms. The molecule has 32 heavy (non-hydrogen) atoms. The number of nitrogens with zero attached hydrogens (tertiary/aromatic N) is 3. The Bertz CT molecular complexity index is 1390. The summed E-state index contributed by atoms with van der Waals surface area (Å²) in [5.41, 5.74) is 11.5. The van der Waals surface area contributed by atoms with Crippen LogP contribution in [0.25, 0.3) is 28.1 Å². The first-order valence-corrected chi connectivity index (χ1v) is 11.1. The van der Waals surface area contributed by atoms with Crippen molar-refractivity contribution < 1.29 is 0 Å². The second-order valence-corrected chi connectivity index (χ2v) is 8.28. The SMILES string of the molecule is c1ccc(-c2cccc(-c3cccc4c3Cc3c(cccc3-n3cccn3)CC4)c2)nc1. The number of aryl methyl sites for hydroxylation is 2. The minimum atomic E-state index is 0.907. The van der Waals surface area contributed by atoms with Crippen LogP contribution in [0.15, 0.2) is 104 Å². The zero-order chi connectivity index (χ0) is 21.3. The van der Waals surface area contributed by atoms with E-state index in [-0.39, 0.29) is 0 Å². The van der Waals surface area contributed by atoms with Gasteiger partial charge in [0.2, 0.25) is 0 Å². The van der Waals surface area contributed by atoms with Crippen LogP contribution in [0, 0.1) is 0 Å². The predicted molar refractivity (Wildman–Crippen MR) is 129 cm³/mol. The molecule has 0 aliphatic heterocycles. The van der Waals surface area contributed by atoms with Crippen molar-refractivity contribution >= 4 is 0 Å². The third kappa shape index (κ3) is 3.32. The Kier molecular flexibility index (Phi) is 4.65. The van der Waals surface area contributed by atoms with Crippen LogP contribution < -0.4 is 0 Å². The van der Waals surface area contributed by atoms with Crippen molar-refractivity contribution in [3.63, 3.8) is 0 Å². The molecule has 0 saturated heterocycles. The van der Waals surface area contributed by atoms with Crippen molar-refractivity contribution in [1.29, 1.82) is 0 Å². The predicted octanol–water partition coefficient (Wildman–Crippen LogP) is 6.29. The zero-order valence-corrected chi connectivity index (χ0v) is 17.8. The molecule has 0 N–H and O–H groups in total. The monoisotopic (exact) mass is 413 g/mol. The van der Waals surface area contributed by atoms with E-state index in [1.807, 2.05) is 41.5 Å². The first-order valence-electron chi connectivity index (χ1n) is 11.1. The molecule has 5 aromatic rings. The number of pyridine rings is 1. The Balaban J connectivity index is 1.48. The van der Waals surface area contributed by atoms with Gasteiger partial charge in [-0.2, -0.15) is 5.10 Å². The molecule has 0 saturated carbocycles. The standard InChI is InChI=1S/C29H23N3/c1-2-16-30-28(12-1)24-10-3-9-23(19-24)25-11-4-7-21-14-15-22-8-5-13-29(27(22)20-26(21)25)32-18-6-17-31-32/h1-13,16-19H,14-15,20H2. The third-order valence-electron chi connectivity index (χ3n) is 6.42. The topological polar surface area (TPSA) is 30.7 Å². The van der Waals surface area contributed by atoms with Crippen molar-refractivity contribution in [2.75, 3.05) is 0 Å². The van der Waals surface area contributed by atoms with E-state index in [9.17, 15) is 0 Å². The molecule has 1 aliphatic carbocycles. The second kappa shape index (κ2) is 7.93. The Morgan fingerprint density at radius 3 is 2.28 bits per heavy atom. The van der Waals surface area contributed by atoms with E-state index in [0.717, 1.165) is 30.5 Å².